The minimum Gasteiger partial charge on any atom is -0.457 e. The van der Waals surface area contributed by atoms with Crippen molar-refractivity contribution >= 4 is 0 Å². The molecule has 1 saturated carbocycles. The first-order chi connectivity index (χ1) is 13.9. The number of piperidine rings is 1. The Morgan fingerprint density at radius 3 is 2.25 bits per heavy atom. The fourth-order valence-electron chi connectivity index (χ4n) is 4.65. The Kier molecular flexibility index (Phi) is 7.01. The maximum atomic E-state index is 6.24. The van der Waals surface area contributed by atoms with E-state index in [9.17, 15) is 0 Å². The molecule has 1 heterocycles. The second-order valence-electron chi connectivity index (χ2n) is 8.39. The van der Waals surface area contributed by atoms with Crippen molar-refractivity contribution < 1.29 is 4.74 Å². The van der Waals surface area contributed by atoms with Crippen molar-refractivity contribution in [1.29, 1.82) is 0 Å². The summed E-state index contributed by atoms with van der Waals surface area (Å²) in [7, 11) is 0. The molecule has 0 aromatic heterocycles. The van der Waals surface area contributed by atoms with Crippen LogP contribution in [0.5, 0.6) is 11.5 Å². The van der Waals surface area contributed by atoms with Crippen LogP contribution in [0.25, 0.3) is 0 Å². The Morgan fingerprint density at radius 2 is 1.46 bits per heavy atom. The van der Waals surface area contributed by atoms with Crippen molar-refractivity contribution in [2.24, 2.45) is 5.92 Å². The van der Waals surface area contributed by atoms with Crippen LogP contribution in [-0.2, 0) is 6.54 Å². The fourth-order valence-corrected chi connectivity index (χ4v) is 4.65. The minimum atomic E-state index is 0.845. The summed E-state index contributed by atoms with van der Waals surface area (Å²) in [4.78, 5) is 0. The number of benzene rings is 2. The van der Waals surface area contributed by atoms with Gasteiger partial charge < -0.3 is 4.74 Å². The predicted molar refractivity (Wildman–Crippen MR) is 115 cm³/mol. The molecule has 2 aromatic rings. The van der Waals surface area contributed by atoms with Gasteiger partial charge in [-0.1, -0.05) is 62.1 Å². The van der Waals surface area contributed by atoms with Gasteiger partial charge in [0.1, 0.15) is 11.5 Å². The van der Waals surface area contributed by atoms with Crippen molar-refractivity contribution in [3.8, 4) is 11.5 Å². The second kappa shape index (κ2) is 10.1. The molecule has 3 nitrogen and oxygen atoms in total. The van der Waals surface area contributed by atoms with E-state index < -0.39 is 0 Å². The molecule has 2 fully saturated rings. The summed E-state index contributed by atoms with van der Waals surface area (Å²) in [6.07, 6.45) is 11.1. The molecule has 0 radical (unpaired) electrons. The van der Waals surface area contributed by atoms with Gasteiger partial charge in [0.15, 0.2) is 0 Å². The van der Waals surface area contributed by atoms with Crippen LogP contribution in [-0.4, -0.2) is 29.7 Å². The number of hydrazine groups is 1. The molecule has 0 N–H and O–H groups in total. The molecule has 0 amide bonds. The summed E-state index contributed by atoms with van der Waals surface area (Å²) in [6.45, 7) is 4.54. The zero-order valence-electron chi connectivity index (χ0n) is 17.1. The van der Waals surface area contributed by atoms with Gasteiger partial charge >= 0.3 is 0 Å². The molecular weight excluding hydrogens is 344 g/mol. The Bertz CT molecular complexity index is 705. The number of rotatable bonds is 7. The van der Waals surface area contributed by atoms with Crippen molar-refractivity contribution in [2.45, 2.75) is 57.9 Å². The van der Waals surface area contributed by atoms with E-state index in [4.69, 9.17) is 4.74 Å². The molecule has 0 spiro atoms. The summed E-state index contributed by atoms with van der Waals surface area (Å²) in [5.41, 5.74) is 1.28. The van der Waals surface area contributed by atoms with E-state index in [1.807, 2.05) is 30.3 Å². The molecule has 1 aliphatic heterocycles. The summed E-state index contributed by atoms with van der Waals surface area (Å²) >= 11 is 0. The maximum absolute atomic E-state index is 6.24. The number of nitrogens with zero attached hydrogens (tertiary/aromatic N) is 2. The van der Waals surface area contributed by atoms with Gasteiger partial charge in [-0.15, -0.1) is 0 Å². The first-order valence-electron chi connectivity index (χ1n) is 11.2. The number of hydrogen-bond acceptors (Lipinski definition) is 3. The normalized spacial score (nSPS) is 19.0. The third-order valence-electron chi connectivity index (χ3n) is 6.22. The van der Waals surface area contributed by atoms with Gasteiger partial charge in [0.2, 0.25) is 0 Å². The van der Waals surface area contributed by atoms with Gasteiger partial charge in [0, 0.05) is 31.7 Å². The summed E-state index contributed by atoms with van der Waals surface area (Å²) < 4.78 is 6.24. The van der Waals surface area contributed by atoms with Gasteiger partial charge in [-0.25, -0.2) is 10.0 Å². The van der Waals surface area contributed by atoms with Crippen LogP contribution in [0.15, 0.2) is 54.6 Å². The highest BCUT2D eigenvalue weighted by Gasteiger charge is 2.24. The molecule has 1 aliphatic carbocycles. The quantitative estimate of drug-likeness (QED) is 0.565. The highest BCUT2D eigenvalue weighted by Crippen LogP contribution is 2.30. The van der Waals surface area contributed by atoms with Crippen LogP contribution in [0.3, 0.4) is 0 Å². The monoisotopic (exact) mass is 378 g/mol. The molecule has 2 aromatic carbocycles. The van der Waals surface area contributed by atoms with E-state index in [-0.39, 0.29) is 0 Å². The second-order valence-corrected chi connectivity index (χ2v) is 8.39. The van der Waals surface area contributed by atoms with E-state index in [0.29, 0.717) is 0 Å². The van der Waals surface area contributed by atoms with E-state index in [2.05, 4.69) is 34.3 Å². The lowest BCUT2D eigenvalue weighted by Crippen LogP contribution is -2.47. The largest absolute Gasteiger partial charge is 0.457 e. The summed E-state index contributed by atoms with van der Waals surface area (Å²) in [5.74, 6) is 2.74. The lowest BCUT2D eigenvalue weighted by molar-refractivity contribution is -0.0607. The van der Waals surface area contributed by atoms with Gasteiger partial charge in [-0.05, 0) is 49.8 Å². The maximum Gasteiger partial charge on any atom is 0.131 e. The Hall–Kier alpha value is -1.84. The number of ether oxygens (including phenoxy) is 1. The van der Waals surface area contributed by atoms with E-state index >= 15 is 0 Å². The molecule has 3 heteroatoms. The van der Waals surface area contributed by atoms with Crippen LogP contribution in [0, 0.1) is 5.92 Å². The van der Waals surface area contributed by atoms with Crippen molar-refractivity contribution in [2.75, 3.05) is 19.6 Å². The third-order valence-corrected chi connectivity index (χ3v) is 6.22. The van der Waals surface area contributed by atoms with E-state index in [0.717, 1.165) is 24.0 Å². The molecule has 150 valence electrons. The molecule has 1 saturated heterocycles. The first kappa shape index (κ1) is 19.5. The van der Waals surface area contributed by atoms with E-state index in [1.165, 1.54) is 76.6 Å². The van der Waals surface area contributed by atoms with Crippen LogP contribution in [0.4, 0.5) is 0 Å². The molecule has 0 bridgehead atoms. The first-order valence-corrected chi connectivity index (χ1v) is 11.2. The van der Waals surface area contributed by atoms with Crippen LogP contribution < -0.4 is 4.74 Å². The molecule has 0 atom stereocenters. The smallest absolute Gasteiger partial charge is 0.131 e. The number of para-hydroxylation sites is 2. The highest BCUT2D eigenvalue weighted by molar-refractivity contribution is 5.37. The number of hydrogen-bond donors (Lipinski definition) is 0. The van der Waals surface area contributed by atoms with Crippen molar-refractivity contribution in [3.05, 3.63) is 60.2 Å². The van der Waals surface area contributed by atoms with Crippen molar-refractivity contribution in [3.63, 3.8) is 0 Å². The van der Waals surface area contributed by atoms with Crippen LogP contribution in [0.2, 0.25) is 0 Å². The van der Waals surface area contributed by atoms with Gasteiger partial charge in [-0.3, -0.25) is 0 Å². The minimum absolute atomic E-state index is 0.845. The Morgan fingerprint density at radius 1 is 0.786 bits per heavy atom. The molecule has 28 heavy (non-hydrogen) atoms. The lowest BCUT2D eigenvalue weighted by atomic mass is 9.89. The zero-order chi connectivity index (χ0) is 19.0. The topological polar surface area (TPSA) is 15.7 Å². The molecule has 4 rings (SSSR count). The average molecular weight is 379 g/mol. The Balaban J connectivity index is 1.50. The summed E-state index contributed by atoms with van der Waals surface area (Å²) in [6, 6.07) is 18.7. The van der Waals surface area contributed by atoms with Gasteiger partial charge in [-0.2, -0.15) is 0 Å². The third kappa shape index (κ3) is 5.36. The Labute approximate surface area is 170 Å². The van der Waals surface area contributed by atoms with Crippen LogP contribution in [0.1, 0.15) is 56.9 Å². The van der Waals surface area contributed by atoms with Crippen LogP contribution >= 0.6 is 0 Å². The van der Waals surface area contributed by atoms with E-state index in [1.54, 1.807) is 0 Å². The summed E-state index contributed by atoms with van der Waals surface area (Å²) in [5, 5.41) is 5.26. The predicted octanol–water partition coefficient (Wildman–Crippen LogP) is 6.26. The standard InChI is InChI=1S/C25H34N2O/c1-4-12-22(13-5-1)20-27(26-18-10-3-11-19-26)21-23-14-8-9-17-25(23)28-24-15-6-2-7-16-24/h2,6-9,14-17,22H,1,3-5,10-13,18-21H2. The SMILES string of the molecule is c1ccc(Oc2ccccc2CN(CC2CCCCC2)N2CCCCC2)cc1. The van der Waals surface area contributed by atoms with Gasteiger partial charge in [0.25, 0.3) is 0 Å². The lowest BCUT2D eigenvalue weighted by Gasteiger charge is -2.40. The molecular formula is C25H34N2O. The average Bonchev–Trinajstić information content (AvgIpc) is 2.77. The molecule has 0 unspecified atom stereocenters. The fraction of sp³-hybridized carbons (Fsp3) is 0.520. The van der Waals surface area contributed by atoms with Gasteiger partial charge in [0.05, 0.1) is 0 Å². The molecule has 2 aliphatic rings. The highest BCUT2D eigenvalue weighted by atomic mass is 16.5. The zero-order valence-corrected chi connectivity index (χ0v) is 17.1. The van der Waals surface area contributed by atoms with Crippen molar-refractivity contribution in [1.82, 2.24) is 10.0 Å².